The van der Waals surface area contributed by atoms with Gasteiger partial charge in [0, 0.05) is 18.8 Å². The van der Waals surface area contributed by atoms with Crippen LogP contribution >= 0.6 is 0 Å². The summed E-state index contributed by atoms with van der Waals surface area (Å²) in [5.74, 6) is -1.50. The Morgan fingerprint density at radius 3 is 2.48 bits per heavy atom. The third kappa shape index (κ3) is 3.58. The normalized spacial score (nSPS) is 10.4. The number of nitrogens with zero attached hydrogens (tertiary/aromatic N) is 1. The zero-order chi connectivity index (χ0) is 17.8. The molecular formula is C19H15NO5. The minimum Gasteiger partial charge on any atom is -0.450 e. The molecule has 0 N–H and O–H groups in total. The summed E-state index contributed by atoms with van der Waals surface area (Å²) in [7, 11) is 1.58. The van der Waals surface area contributed by atoms with Crippen LogP contribution < -0.4 is 10.3 Å². The predicted molar refractivity (Wildman–Crippen MR) is 92.6 cm³/mol. The van der Waals surface area contributed by atoms with Crippen LogP contribution in [-0.4, -0.2) is 25.5 Å². The zero-order valence-corrected chi connectivity index (χ0v) is 13.5. The maximum absolute atomic E-state index is 12.1. The Balaban J connectivity index is 1.70. The SMILES string of the molecule is CN(C(=O)COC(=O)c1cc(=O)c2ccccc2o1)c1ccccc1. The monoisotopic (exact) mass is 337 g/mol. The van der Waals surface area contributed by atoms with Crippen LogP contribution in [0, 0.1) is 0 Å². The maximum atomic E-state index is 12.1. The molecule has 0 saturated carbocycles. The molecule has 0 radical (unpaired) electrons. The Labute approximate surface area is 143 Å². The van der Waals surface area contributed by atoms with Gasteiger partial charge in [-0.05, 0) is 24.3 Å². The van der Waals surface area contributed by atoms with Crippen LogP contribution in [0.1, 0.15) is 10.6 Å². The highest BCUT2D eigenvalue weighted by Gasteiger charge is 2.17. The van der Waals surface area contributed by atoms with Gasteiger partial charge < -0.3 is 14.1 Å². The molecule has 3 rings (SSSR count). The topological polar surface area (TPSA) is 76.8 Å². The summed E-state index contributed by atoms with van der Waals surface area (Å²) in [6, 6.07) is 16.6. The van der Waals surface area contributed by atoms with Gasteiger partial charge in [0.15, 0.2) is 12.0 Å². The Morgan fingerprint density at radius 1 is 1.04 bits per heavy atom. The summed E-state index contributed by atoms with van der Waals surface area (Å²) < 4.78 is 10.4. The molecule has 6 nitrogen and oxygen atoms in total. The zero-order valence-electron chi connectivity index (χ0n) is 13.5. The van der Waals surface area contributed by atoms with Crippen LogP contribution in [0.3, 0.4) is 0 Å². The van der Waals surface area contributed by atoms with E-state index >= 15 is 0 Å². The highest BCUT2D eigenvalue weighted by atomic mass is 16.5. The molecule has 1 amide bonds. The highest BCUT2D eigenvalue weighted by Crippen LogP contribution is 2.13. The lowest BCUT2D eigenvalue weighted by molar-refractivity contribution is -0.121. The van der Waals surface area contributed by atoms with Gasteiger partial charge in [-0.2, -0.15) is 0 Å². The number of hydrogen-bond acceptors (Lipinski definition) is 5. The Hall–Kier alpha value is -3.41. The van der Waals surface area contributed by atoms with Crippen LogP contribution in [0.5, 0.6) is 0 Å². The summed E-state index contributed by atoms with van der Waals surface area (Å²) in [5.41, 5.74) is 0.622. The van der Waals surface area contributed by atoms with E-state index in [0.717, 1.165) is 6.07 Å². The first-order valence-corrected chi connectivity index (χ1v) is 7.58. The van der Waals surface area contributed by atoms with Crippen molar-refractivity contribution >= 4 is 28.5 Å². The molecule has 6 heteroatoms. The minimum absolute atomic E-state index is 0.237. The molecule has 2 aromatic carbocycles. The van der Waals surface area contributed by atoms with Crippen molar-refractivity contribution in [3.63, 3.8) is 0 Å². The molecule has 1 heterocycles. The van der Waals surface area contributed by atoms with Crippen molar-refractivity contribution in [2.75, 3.05) is 18.6 Å². The van der Waals surface area contributed by atoms with Gasteiger partial charge in [0.05, 0.1) is 5.39 Å². The number of esters is 1. The molecule has 0 fully saturated rings. The first kappa shape index (κ1) is 16.4. The van der Waals surface area contributed by atoms with Crippen LogP contribution in [-0.2, 0) is 9.53 Å². The summed E-state index contributed by atoms with van der Waals surface area (Å²) >= 11 is 0. The quantitative estimate of drug-likeness (QED) is 0.684. The van der Waals surface area contributed by atoms with Crippen LogP contribution in [0.15, 0.2) is 69.9 Å². The number of fused-ring (bicyclic) bond motifs is 1. The van der Waals surface area contributed by atoms with Gasteiger partial charge in [0.25, 0.3) is 5.91 Å². The number of benzene rings is 2. The molecule has 1 aromatic heterocycles. The van der Waals surface area contributed by atoms with Gasteiger partial charge in [0.2, 0.25) is 5.76 Å². The van der Waals surface area contributed by atoms with Gasteiger partial charge in [-0.1, -0.05) is 30.3 Å². The molecule has 0 aliphatic rings. The van der Waals surface area contributed by atoms with Crippen molar-refractivity contribution in [2.45, 2.75) is 0 Å². The van der Waals surface area contributed by atoms with Crippen LogP contribution in [0.2, 0.25) is 0 Å². The second kappa shape index (κ2) is 7.00. The van der Waals surface area contributed by atoms with Crippen molar-refractivity contribution < 1.29 is 18.7 Å². The number of carbonyl (C=O) groups excluding carboxylic acids is 2. The van der Waals surface area contributed by atoms with Gasteiger partial charge in [-0.3, -0.25) is 9.59 Å². The van der Waals surface area contributed by atoms with Crippen molar-refractivity contribution in [2.24, 2.45) is 0 Å². The molecule has 0 saturated heterocycles. The van der Waals surface area contributed by atoms with E-state index in [0.29, 0.717) is 11.1 Å². The van der Waals surface area contributed by atoms with Gasteiger partial charge in [0.1, 0.15) is 5.58 Å². The van der Waals surface area contributed by atoms with Gasteiger partial charge >= 0.3 is 5.97 Å². The van der Waals surface area contributed by atoms with E-state index in [1.54, 1.807) is 55.6 Å². The van der Waals surface area contributed by atoms with E-state index < -0.39 is 18.5 Å². The number of amides is 1. The largest absolute Gasteiger partial charge is 0.450 e. The van der Waals surface area contributed by atoms with Crippen molar-refractivity contribution in [1.82, 2.24) is 0 Å². The third-order valence-electron chi connectivity index (χ3n) is 3.68. The fourth-order valence-electron chi connectivity index (χ4n) is 2.30. The fraction of sp³-hybridized carbons (Fsp3) is 0.105. The minimum atomic E-state index is -0.863. The number of anilines is 1. The van der Waals surface area contributed by atoms with Crippen LogP contribution in [0.4, 0.5) is 5.69 Å². The summed E-state index contributed by atoms with van der Waals surface area (Å²) in [4.78, 5) is 37.6. The highest BCUT2D eigenvalue weighted by molar-refractivity contribution is 5.96. The fourth-order valence-corrected chi connectivity index (χ4v) is 2.30. The summed E-state index contributed by atoms with van der Waals surface area (Å²) in [5, 5.41) is 0.374. The van der Waals surface area contributed by atoms with E-state index in [-0.39, 0.29) is 16.8 Å². The molecule has 0 spiro atoms. The Bertz CT molecular complexity index is 978. The molecule has 25 heavy (non-hydrogen) atoms. The average molecular weight is 337 g/mol. The molecule has 0 bridgehead atoms. The Kier molecular flexibility index (Phi) is 4.61. The molecule has 126 valence electrons. The van der Waals surface area contributed by atoms with E-state index in [9.17, 15) is 14.4 Å². The molecule has 3 aromatic rings. The number of carbonyl (C=O) groups is 2. The van der Waals surface area contributed by atoms with E-state index in [1.807, 2.05) is 6.07 Å². The van der Waals surface area contributed by atoms with E-state index in [2.05, 4.69) is 0 Å². The molecule has 0 aliphatic carbocycles. The number of para-hydroxylation sites is 2. The molecule has 0 aliphatic heterocycles. The molecule has 0 atom stereocenters. The third-order valence-corrected chi connectivity index (χ3v) is 3.68. The van der Waals surface area contributed by atoms with E-state index in [1.165, 1.54) is 4.90 Å². The number of likely N-dealkylation sites (N-methyl/N-ethyl adjacent to an activating group) is 1. The summed E-state index contributed by atoms with van der Waals surface area (Å²) in [6.07, 6.45) is 0. The lowest BCUT2D eigenvalue weighted by Crippen LogP contribution is -2.31. The van der Waals surface area contributed by atoms with Crippen molar-refractivity contribution in [3.8, 4) is 0 Å². The van der Waals surface area contributed by atoms with E-state index in [4.69, 9.17) is 9.15 Å². The lowest BCUT2D eigenvalue weighted by atomic mass is 10.2. The number of hydrogen-bond donors (Lipinski definition) is 0. The second-order valence-corrected chi connectivity index (χ2v) is 5.34. The lowest BCUT2D eigenvalue weighted by Gasteiger charge is -2.16. The molecule has 0 unspecified atom stereocenters. The first-order valence-electron chi connectivity index (χ1n) is 7.58. The average Bonchev–Trinajstić information content (AvgIpc) is 2.65. The first-order chi connectivity index (χ1) is 12.1. The molecular weight excluding hydrogens is 322 g/mol. The predicted octanol–water partition coefficient (Wildman–Crippen LogP) is 2.61. The summed E-state index contributed by atoms with van der Waals surface area (Å²) in [6.45, 7) is -0.458. The van der Waals surface area contributed by atoms with Gasteiger partial charge in [-0.25, -0.2) is 4.79 Å². The Morgan fingerprint density at radius 2 is 1.72 bits per heavy atom. The van der Waals surface area contributed by atoms with Gasteiger partial charge in [-0.15, -0.1) is 0 Å². The smallest absolute Gasteiger partial charge is 0.374 e. The van der Waals surface area contributed by atoms with Crippen molar-refractivity contribution in [1.29, 1.82) is 0 Å². The maximum Gasteiger partial charge on any atom is 0.374 e. The standard InChI is InChI=1S/C19H15NO5/c1-20(13-7-3-2-4-8-13)18(22)12-24-19(23)17-11-15(21)14-9-5-6-10-16(14)25-17/h2-11H,12H2,1H3. The number of rotatable bonds is 4. The van der Waals surface area contributed by atoms with Crippen LogP contribution in [0.25, 0.3) is 11.0 Å². The number of ether oxygens (including phenoxy) is 1. The second-order valence-electron chi connectivity index (χ2n) is 5.34. The van der Waals surface area contributed by atoms with Crippen molar-refractivity contribution in [3.05, 3.63) is 76.6 Å².